The van der Waals surface area contributed by atoms with Crippen LogP contribution in [0.15, 0.2) is 4.79 Å². The van der Waals surface area contributed by atoms with Gasteiger partial charge in [-0.15, -0.1) is 11.3 Å². The number of carbonyl (C=O) groups excluding carboxylic acids is 2. The molecule has 0 spiro atoms. The third kappa shape index (κ3) is 4.19. The summed E-state index contributed by atoms with van der Waals surface area (Å²) in [7, 11) is 0. The fourth-order valence-electron chi connectivity index (χ4n) is 3.74. The molecule has 1 aliphatic rings. The number of ketones is 1. The maximum atomic E-state index is 13.2. The maximum absolute atomic E-state index is 13.2. The van der Waals surface area contributed by atoms with Crippen molar-refractivity contribution in [2.75, 3.05) is 0 Å². The molecule has 1 aliphatic carbocycles. The molecule has 2 heterocycles. The highest BCUT2D eigenvalue weighted by Gasteiger charge is 2.25. The minimum Gasteiger partial charge on any atom is -0.458 e. The van der Waals surface area contributed by atoms with Crippen molar-refractivity contribution in [2.24, 2.45) is 0 Å². The number of rotatable bonds is 6. The molecular weight excluding hydrogens is 376 g/mol. The molecule has 0 bridgehead atoms. The minimum absolute atomic E-state index is 0.0282. The first-order chi connectivity index (χ1) is 13.3. The number of esters is 1. The number of carbonyl (C=O) groups is 2. The highest BCUT2D eigenvalue weighted by atomic mass is 32.1. The lowest BCUT2D eigenvalue weighted by molar-refractivity contribution is -0.117. The number of fused-ring (bicyclic) bond motifs is 1. The third-order valence-electron chi connectivity index (χ3n) is 5.30. The zero-order chi connectivity index (χ0) is 20.4. The van der Waals surface area contributed by atoms with Crippen LogP contribution in [0.4, 0.5) is 0 Å². The Kier molecular flexibility index (Phi) is 6.33. The summed E-state index contributed by atoms with van der Waals surface area (Å²) in [6.07, 6.45) is 5.43. The van der Waals surface area contributed by atoms with Crippen LogP contribution in [0.2, 0.25) is 0 Å². The van der Waals surface area contributed by atoms with Crippen LogP contribution in [0.25, 0.3) is 10.2 Å². The Morgan fingerprint density at radius 3 is 2.54 bits per heavy atom. The first kappa shape index (κ1) is 20.7. The predicted molar refractivity (Wildman–Crippen MR) is 110 cm³/mol. The van der Waals surface area contributed by atoms with Crippen LogP contribution in [0.5, 0.6) is 0 Å². The van der Waals surface area contributed by atoms with E-state index in [0.717, 1.165) is 25.7 Å². The number of hydrogen-bond acceptors (Lipinski definition) is 6. The van der Waals surface area contributed by atoms with Gasteiger partial charge in [0.25, 0.3) is 5.56 Å². The highest BCUT2D eigenvalue weighted by Crippen LogP contribution is 2.30. The van der Waals surface area contributed by atoms with Gasteiger partial charge >= 0.3 is 5.97 Å². The summed E-state index contributed by atoms with van der Waals surface area (Å²) < 4.78 is 7.29. The Morgan fingerprint density at radius 2 is 1.93 bits per heavy atom. The topological polar surface area (TPSA) is 78.3 Å². The van der Waals surface area contributed by atoms with Gasteiger partial charge in [-0.2, -0.15) is 0 Å². The van der Waals surface area contributed by atoms with E-state index in [2.05, 4.69) is 4.98 Å². The standard InChI is InChI=1S/C21H28N2O4S/c1-12(2)18-22-19-16(20(25)23(18)11-10-13(3)24)14(4)17(28-19)21(26)27-15-8-6-5-7-9-15/h12,15H,5-11H2,1-4H3. The zero-order valence-electron chi connectivity index (χ0n) is 17.0. The number of ether oxygens (including phenoxy) is 1. The lowest BCUT2D eigenvalue weighted by Crippen LogP contribution is -2.27. The second-order valence-corrected chi connectivity index (χ2v) is 8.93. The minimum atomic E-state index is -0.354. The van der Waals surface area contributed by atoms with Crippen molar-refractivity contribution in [1.29, 1.82) is 0 Å². The van der Waals surface area contributed by atoms with Crippen molar-refractivity contribution in [2.45, 2.75) is 84.8 Å². The Labute approximate surface area is 168 Å². The van der Waals surface area contributed by atoms with Crippen LogP contribution in [0.3, 0.4) is 0 Å². The van der Waals surface area contributed by atoms with Crippen LogP contribution in [-0.2, 0) is 16.1 Å². The number of nitrogens with zero attached hydrogens (tertiary/aromatic N) is 2. The summed E-state index contributed by atoms with van der Waals surface area (Å²) in [5.41, 5.74) is 0.450. The largest absolute Gasteiger partial charge is 0.458 e. The highest BCUT2D eigenvalue weighted by molar-refractivity contribution is 7.20. The monoisotopic (exact) mass is 404 g/mol. The van der Waals surface area contributed by atoms with E-state index in [1.54, 1.807) is 11.5 Å². The van der Waals surface area contributed by atoms with Crippen LogP contribution in [0, 0.1) is 6.92 Å². The van der Waals surface area contributed by atoms with Gasteiger partial charge in [0.2, 0.25) is 0 Å². The van der Waals surface area contributed by atoms with Gasteiger partial charge in [-0.25, -0.2) is 9.78 Å². The molecule has 1 fully saturated rings. The van der Waals surface area contributed by atoms with E-state index in [4.69, 9.17) is 4.74 Å². The molecule has 2 aromatic rings. The lowest BCUT2D eigenvalue weighted by atomic mass is 9.98. The average Bonchev–Trinajstić information content (AvgIpc) is 2.98. The van der Waals surface area contributed by atoms with Crippen molar-refractivity contribution in [3.05, 3.63) is 26.6 Å². The molecule has 0 N–H and O–H groups in total. The van der Waals surface area contributed by atoms with Crippen LogP contribution in [0.1, 0.15) is 86.3 Å². The molecule has 0 aromatic carbocycles. The zero-order valence-corrected chi connectivity index (χ0v) is 17.9. The Morgan fingerprint density at radius 1 is 1.25 bits per heavy atom. The molecule has 1 saturated carbocycles. The smallest absolute Gasteiger partial charge is 0.348 e. The molecular formula is C21H28N2O4S. The fraction of sp³-hybridized carbons (Fsp3) is 0.619. The maximum Gasteiger partial charge on any atom is 0.348 e. The van der Waals surface area contributed by atoms with Gasteiger partial charge < -0.3 is 4.74 Å². The van der Waals surface area contributed by atoms with Crippen LogP contribution in [-0.4, -0.2) is 27.4 Å². The molecule has 28 heavy (non-hydrogen) atoms. The molecule has 0 atom stereocenters. The van der Waals surface area contributed by atoms with E-state index in [1.165, 1.54) is 24.7 Å². The first-order valence-electron chi connectivity index (χ1n) is 10.0. The third-order valence-corrected chi connectivity index (χ3v) is 6.46. The summed E-state index contributed by atoms with van der Waals surface area (Å²) in [6, 6.07) is 0. The summed E-state index contributed by atoms with van der Waals surface area (Å²) in [5.74, 6) is 0.352. The van der Waals surface area contributed by atoms with E-state index in [-0.39, 0.29) is 35.8 Å². The molecule has 2 aromatic heterocycles. The van der Waals surface area contributed by atoms with Gasteiger partial charge in [-0.05, 0) is 45.1 Å². The Bertz CT molecular complexity index is 951. The van der Waals surface area contributed by atoms with E-state index in [9.17, 15) is 14.4 Å². The quantitative estimate of drug-likeness (QED) is 0.669. The lowest BCUT2D eigenvalue weighted by Gasteiger charge is -2.21. The Balaban J connectivity index is 2.01. The van der Waals surface area contributed by atoms with E-state index in [1.807, 2.05) is 13.8 Å². The van der Waals surface area contributed by atoms with Crippen LogP contribution >= 0.6 is 11.3 Å². The summed E-state index contributed by atoms with van der Waals surface area (Å²) in [5, 5.41) is 0.466. The SMILES string of the molecule is CC(=O)CCn1c(C(C)C)nc2sc(C(=O)OC3CCCCC3)c(C)c2c1=O. The molecule has 6 nitrogen and oxygen atoms in total. The van der Waals surface area contributed by atoms with Gasteiger partial charge in [0.15, 0.2) is 0 Å². The van der Waals surface area contributed by atoms with Crippen molar-refractivity contribution < 1.29 is 14.3 Å². The van der Waals surface area contributed by atoms with Crippen LogP contribution < -0.4 is 5.56 Å². The van der Waals surface area contributed by atoms with E-state index >= 15 is 0 Å². The van der Waals surface area contributed by atoms with Gasteiger partial charge in [0.05, 0.1) is 5.39 Å². The number of thiophene rings is 1. The van der Waals surface area contributed by atoms with Crippen molar-refractivity contribution in [3.8, 4) is 0 Å². The average molecular weight is 405 g/mol. The normalized spacial score (nSPS) is 15.3. The molecule has 0 amide bonds. The molecule has 0 saturated heterocycles. The van der Waals surface area contributed by atoms with Gasteiger partial charge in [0, 0.05) is 18.9 Å². The molecule has 7 heteroatoms. The van der Waals surface area contributed by atoms with Gasteiger partial charge in [-0.1, -0.05) is 20.3 Å². The fourth-order valence-corrected chi connectivity index (χ4v) is 4.80. The molecule has 152 valence electrons. The number of aryl methyl sites for hydroxylation is 1. The summed E-state index contributed by atoms with van der Waals surface area (Å²) in [4.78, 5) is 43.1. The number of Topliss-reactive ketones (excluding diaryl/α,β-unsaturated/α-hetero) is 1. The molecule has 3 rings (SSSR count). The van der Waals surface area contributed by atoms with Gasteiger partial charge in [-0.3, -0.25) is 14.2 Å². The van der Waals surface area contributed by atoms with Crippen molar-refractivity contribution in [1.82, 2.24) is 9.55 Å². The van der Waals surface area contributed by atoms with Crippen molar-refractivity contribution in [3.63, 3.8) is 0 Å². The first-order valence-corrected chi connectivity index (χ1v) is 10.9. The van der Waals surface area contributed by atoms with Gasteiger partial charge in [0.1, 0.15) is 27.4 Å². The second-order valence-electron chi connectivity index (χ2n) is 7.94. The molecule has 0 radical (unpaired) electrons. The number of hydrogen-bond donors (Lipinski definition) is 0. The van der Waals surface area contributed by atoms with Crippen molar-refractivity contribution >= 4 is 33.3 Å². The molecule has 0 aliphatic heterocycles. The second kappa shape index (κ2) is 8.55. The predicted octanol–water partition coefficient (Wildman–Crippen LogP) is 4.36. The van der Waals surface area contributed by atoms with E-state index < -0.39 is 0 Å². The Hall–Kier alpha value is -2.02. The number of aromatic nitrogens is 2. The molecule has 0 unspecified atom stereocenters. The van der Waals surface area contributed by atoms with E-state index in [0.29, 0.717) is 33.0 Å². The summed E-state index contributed by atoms with van der Waals surface area (Å²) in [6.45, 7) is 7.54. The summed E-state index contributed by atoms with van der Waals surface area (Å²) >= 11 is 1.23.